The van der Waals surface area contributed by atoms with Crippen molar-refractivity contribution in [2.24, 2.45) is 11.7 Å². The van der Waals surface area contributed by atoms with Crippen LogP contribution in [0.1, 0.15) is 74.0 Å². The van der Waals surface area contributed by atoms with E-state index in [0.717, 1.165) is 5.56 Å². The predicted molar refractivity (Wildman–Crippen MR) is 158 cm³/mol. The van der Waals surface area contributed by atoms with E-state index in [9.17, 15) is 19.2 Å². The first-order chi connectivity index (χ1) is 20.1. The topological polar surface area (TPSA) is 182 Å². The Labute approximate surface area is 247 Å². The SMILES string of the molecule is CN[C@@H](CC(C)C)C(=O)N[C@@H](CCCCNC(=O)c1cccc(Cn2cc(CNC(=O)CCCOC)nn2)c1)C(N)=O. The number of nitrogens with two attached hydrogens (primary N) is 1. The summed E-state index contributed by atoms with van der Waals surface area (Å²) in [4.78, 5) is 49.0. The van der Waals surface area contributed by atoms with E-state index in [4.69, 9.17) is 10.5 Å². The zero-order valence-corrected chi connectivity index (χ0v) is 25.2. The van der Waals surface area contributed by atoms with Crippen LogP contribution in [0.25, 0.3) is 0 Å². The summed E-state index contributed by atoms with van der Waals surface area (Å²) in [6.45, 7) is 5.71. The molecular weight excluding hydrogens is 540 g/mol. The summed E-state index contributed by atoms with van der Waals surface area (Å²) in [6.07, 6.45) is 5.07. The summed E-state index contributed by atoms with van der Waals surface area (Å²) < 4.78 is 6.60. The second-order valence-corrected chi connectivity index (χ2v) is 10.7. The maximum atomic E-state index is 12.7. The molecule has 0 aliphatic heterocycles. The molecule has 0 saturated carbocycles. The van der Waals surface area contributed by atoms with Crippen molar-refractivity contribution in [3.63, 3.8) is 0 Å². The van der Waals surface area contributed by atoms with Crippen LogP contribution in [0.3, 0.4) is 0 Å². The molecule has 2 aromatic rings. The molecule has 0 aliphatic carbocycles. The van der Waals surface area contributed by atoms with Crippen molar-refractivity contribution < 1.29 is 23.9 Å². The van der Waals surface area contributed by atoms with Crippen LogP contribution in [-0.2, 0) is 32.2 Å². The van der Waals surface area contributed by atoms with Crippen molar-refractivity contribution in [2.45, 2.75) is 77.5 Å². The van der Waals surface area contributed by atoms with Crippen molar-refractivity contribution in [1.82, 2.24) is 36.3 Å². The number of ether oxygens (including phenoxy) is 1. The predicted octanol–water partition coefficient (Wildman–Crippen LogP) is 0.874. The zero-order chi connectivity index (χ0) is 30.9. The van der Waals surface area contributed by atoms with Gasteiger partial charge in [0.1, 0.15) is 11.7 Å². The lowest BCUT2D eigenvalue weighted by atomic mass is 10.0. The number of unbranched alkanes of at least 4 members (excludes halogenated alkanes) is 1. The lowest BCUT2D eigenvalue weighted by Gasteiger charge is -2.21. The third kappa shape index (κ3) is 12.8. The molecule has 2 rings (SSSR count). The molecule has 1 aromatic heterocycles. The third-order valence-corrected chi connectivity index (χ3v) is 6.58. The molecule has 0 spiro atoms. The van der Waals surface area contributed by atoms with Gasteiger partial charge in [0.25, 0.3) is 5.91 Å². The maximum absolute atomic E-state index is 12.7. The van der Waals surface area contributed by atoms with Gasteiger partial charge in [-0.25, -0.2) is 4.68 Å². The smallest absolute Gasteiger partial charge is 0.251 e. The molecule has 0 aliphatic rings. The van der Waals surface area contributed by atoms with Crippen molar-refractivity contribution >= 4 is 23.6 Å². The van der Waals surface area contributed by atoms with Gasteiger partial charge in [-0.05, 0) is 62.8 Å². The second kappa shape index (κ2) is 18.6. The van der Waals surface area contributed by atoms with Gasteiger partial charge in [0.15, 0.2) is 0 Å². The van der Waals surface area contributed by atoms with Crippen molar-refractivity contribution in [1.29, 1.82) is 0 Å². The lowest BCUT2D eigenvalue weighted by Crippen LogP contribution is -2.51. The highest BCUT2D eigenvalue weighted by molar-refractivity contribution is 5.94. The number of benzene rings is 1. The summed E-state index contributed by atoms with van der Waals surface area (Å²) >= 11 is 0. The highest BCUT2D eigenvalue weighted by Gasteiger charge is 2.23. The quantitative estimate of drug-likeness (QED) is 0.142. The minimum Gasteiger partial charge on any atom is -0.385 e. The Bertz CT molecular complexity index is 1150. The highest BCUT2D eigenvalue weighted by atomic mass is 16.5. The Morgan fingerprint density at radius 3 is 2.55 bits per heavy atom. The molecule has 6 N–H and O–H groups in total. The number of hydrogen-bond acceptors (Lipinski definition) is 8. The van der Waals surface area contributed by atoms with Crippen molar-refractivity contribution in [2.75, 3.05) is 27.3 Å². The van der Waals surface area contributed by atoms with E-state index in [0.29, 0.717) is 75.4 Å². The van der Waals surface area contributed by atoms with E-state index < -0.39 is 18.0 Å². The van der Waals surface area contributed by atoms with Crippen LogP contribution in [-0.4, -0.2) is 78.0 Å². The fourth-order valence-corrected chi connectivity index (χ4v) is 4.31. The van der Waals surface area contributed by atoms with Gasteiger partial charge in [-0.15, -0.1) is 5.10 Å². The van der Waals surface area contributed by atoms with Crippen LogP contribution in [0.2, 0.25) is 0 Å². The fourth-order valence-electron chi connectivity index (χ4n) is 4.31. The number of amides is 4. The largest absolute Gasteiger partial charge is 0.385 e. The molecular formula is C29H46N8O5. The van der Waals surface area contributed by atoms with Crippen molar-refractivity contribution in [3.8, 4) is 0 Å². The van der Waals surface area contributed by atoms with E-state index >= 15 is 0 Å². The number of hydrogen-bond donors (Lipinski definition) is 5. The molecule has 0 fully saturated rings. The number of carbonyl (C=O) groups is 4. The van der Waals surface area contributed by atoms with Gasteiger partial charge < -0.3 is 31.7 Å². The van der Waals surface area contributed by atoms with Gasteiger partial charge in [-0.2, -0.15) is 0 Å². The number of likely N-dealkylation sites (N-methyl/N-ethyl adjacent to an activating group) is 1. The molecule has 2 atom stereocenters. The number of methoxy groups -OCH3 is 1. The number of nitrogens with one attached hydrogen (secondary N) is 4. The molecule has 1 heterocycles. The average molecular weight is 587 g/mol. The van der Waals surface area contributed by atoms with Crippen LogP contribution >= 0.6 is 0 Å². The van der Waals surface area contributed by atoms with E-state index in [1.165, 1.54) is 0 Å². The molecule has 0 unspecified atom stereocenters. The monoisotopic (exact) mass is 586 g/mol. The Morgan fingerprint density at radius 1 is 1.07 bits per heavy atom. The van der Waals surface area contributed by atoms with Crippen LogP contribution < -0.4 is 27.0 Å². The first-order valence-electron chi connectivity index (χ1n) is 14.4. The number of aromatic nitrogens is 3. The Hall–Kier alpha value is -3.84. The maximum Gasteiger partial charge on any atom is 0.251 e. The average Bonchev–Trinajstić information content (AvgIpc) is 3.40. The van der Waals surface area contributed by atoms with Gasteiger partial charge in [-0.3, -0.25) is 19.2 Å². The summed E-state index contributed by atoms with van der Waals surface area (Å²) in [5, 5.41) is 19.7. The molecule has 1 aromatic carbocycles. The first kappa shape index (κ1) is 34.4. The van der Waals surface area contributed by atoms with Crippen LogP contribution in [0.5, 0.6) is 0 Å². The minimum absolute atomic E-state index is 0.0699. The Balaban J connectivity index is 1.77. The molecule has 232 valence electrons. The van der Waals surface area contributed by atoms with Gasteiger partial charge >= 0.3 is 0 Å². The Morgan fingerprint density at radius 2 is 1.86 bits per heavy atom. The summed E-state index contributed by atoms with van der Waals surface area (Å²) in [5.74, 6) is -0.782. The van der Waals surface area contributed by atoms with Gasteiger partial charge in [0, 0.05) is 32.2 Å². The van der Waals surface area contributed by atoms with E-state index in [-0.39, 0.29) is 24.3 Å². The Kier molecular flexibility index (Phi) is 15.2. The molecule has 0 bridgehead atoms. The second-order valence-electron chi connectivity index (χ2n) is 10.7. The van der Waals surface area contributed by atoms with Gasteiger partial charge in [0.05, 0.1) is 25.3 Å². The molecule has 42 heavy (non-hydrogen) atoms. The highest BCUT2D eigenvalue weighted by Crippen LogP contribution is 2.09. The molecule has 0 radical (unpaired) electrons. The van der Waals surface area contributed by atoms with Crippen LogP contribution in [0.4, 0.5) is 0 Å². The summed E-state index contributed by atoms with van der Waals surface area (Å²) in [7, 11) is 3.31. The van der Waals surface area contributed by atoms with Crippen LogP contribution in [0, 0.1) is 5.92 Å². The third-order valence-electron chi connectivity index (χ3n) is 6.58. The normalized spacial score (nSPS) is 12.5. The molecule has 13 nitrogen and oxygen atoms in total. The molecule has 13 heteroatoms. The standard InChI is InChI=1S/C29H46N8O5/c1-20(2)15-25(31-3)29(41)34-24(27(30)39)11-5-6-13-32-28(40)22-10-7-9-21(16-22)18-37-19-23(35-36-37)17-33-26(38)12-8-14-42-4/h7,9-10,16,19-20,24-25,31H,5-6,8,11-15,17-18H2,1-4H3,(H2,30,39)(H,32,40)(H,33,38)(H,34,41)/t24-,25-/m0/s1. The fraction of sp³-hybridized carbons (Fsp3) is 0.586. The molecule has 4 amide bonds. The number of nitrogens with zero attached hydrogens (tertiary/aromatic N) is 3. The summed E-state index contributed by atoms with van der Waals surface area (Å²) in [6, 6.07) is 6.08. The lowest BCUT2D eigenvalue weighted by molar-refractivity contribution is -0.129. The van der Waals surface area contributed by atoms with E-state index in [2.05, 4.69) is 31.6 Å². The molecule has 0 saturated heterocycles. The van der Waals surface area contributed by atoms with E-state index in [1.807, 2.05) is 19.9 Å². The number of primary amides is 1. The van der Waals surface area contributed by atoms with Gasteiger partial charge in [-0.1, -0.05) is 31.2 Å². The minimum atomic E-state index is -0.762. The van der Waals surface area contributed by atoms with E-state index in [1.54, 1.807) is 43.2 Å². The number of rotatable bonds is 20. The summed E-state index contributed by atoms with van der Waals surface area (Å²) in [5.41, 5.74) is 7.54. The van der Waals surface area contributed by atoms with Crippen LogP contribution in [0.15, 0.2) is 30.5 Å². The number of carbonyl (C=O) groups excluding carboxylic acids is 4. The van der Waals surface area contributed by atoms with Crippen molar-refractivity contribution in [3.05, 3.63) is 47.3 Å². The zero-order valence-electron chi connectivity index (χ0n) is 25.2. The van der Waals surface area contributed by atoms with Gasteiger partial charge in [0.2, 0.25) is 17.7 Å². The first-order valence-corrected chi connectivity index (χ1v) is 14.4.